The van der Waals surface area contributed by atoms with E-state index in [-0.39, 0.29) is 0 Å². The molecule has 0 saturated heterocycles. The number of hydrogen-bond donors (Lipinski definition) is 0. The van der Waals surface area contributed by atoms with E-state index in [0.29, 0.717) is 11.1 Å². The third-order valence-electron chi connectivity index (χ3n) is 11.9. The molecule has 54 heavy (non-hydrogen) atoms. The number of benzene rings is 10. The summed E-state index contributed by atoms with van der Waals surface area (Å²) >= 11 is 0. The van der Waals surface area contributed by atoms with Crippen LogP contribution in [-0.4, -0.2) is 0 Å². The summed E-state index contributed by atoms with van der Waals surface area (Å²) in [5, 5.41) is 42.1. The maximum atomic E-state index is 10.2. The Hall–Kier alpha value is -7.52. The van der Waals surface area contributed by atoms with Crippen molar-refractivity contribution in [3.8, 4) is 34.4 Å². The second-order valence-corrected chi connectivity index (χ2v) is 14.6. The minimum absolute atomic E-state index is 0.629. The predicted octanol–water partition coefficient (Wildman–Crippen LogP) is 14.0. The van der Waals surface area contributed by atoms with E-state index in [1.165, 1.54) is 86.2 Å². The zero-order valence-corrected chi connectivity index (χ0v) is 28.9. The molecule has 0 bridgehead atoms. The minimum Gasteiger partial charge on any atom is -0.192 e. The molecule has 12 rings (SSSR count). The fourth-order valence-electron chi connectivity index (χ4n) is 9.77. The first kappa shape index (κ1) is 29.1. The highest BCUT2D eigenvalue weighted by molar-refractivity contribution is 6.44. The largest absolute Gasteiger partial charge is 0.192 e. The normalized spacial score (nSPS) is 12.0. The average Bonchev–Trinajstić information content (AvgIpc) is 3.72. The quantitative estimate of drug-likeness (QED) is 0.171. The van der Waals surface area contributed by atoms with Gasteiger partial charge < -0.3 is 0 Å². The molecule has 0 spiro atoms. The topological polar surface area (TPSA) is 47.6 Å². The van der Waals surface area contributed by atoms with Gasteiger partial charge in [-0.05, 0) is 168 Å². The first-order valence-corrected chi connectivity index (χ1v) is 18.3. The van der Waals surface area contributed by atoms with E-state index in [2.05, 4.69) is 133 Å². The first-order chi connectivity index (χ1) is 26.7. The van der Waals surface area contributed by atoms with Gasteiger partial charge in [-0.3, -0.25) is 0 Å². The number of nitriles is 2. The molecule has 0 amide bonds. The van der Waals surface area contributed by atoms with Gasteiger partial charge in [0, 0.05) is 0 Å². The lowest BCUT2D eigenvalue weighted by Gasteiger charge is -2.18. The Morgan fingerprint density at radius 3 is 1.28 bits per heavy atom. The predicted molar refractivity (Wildman–Crippen MR) is 227 cm³/mol. The molecule has 12 aromatic carbocycles. The van der Waals surface area contributed by atoms with Gasteiger partial charge in [0.2, 0.25) is 0 Å². The Kier molecular flexibility index (Phi) is 5.67. The smallest absolute Gasteiger partial charge is 0.0991 e. The monoisotopic (exact) mass is 678 g/mol. The van der Waals surface area contributed by atoms with Gasteiger partial charge in [0.15, 0.2) is 0 Å². The van der Waals surface area contributed by atoms with Gasteiger partial charge in [0.05, 0.1) is 23.3 Å². The molecule has 0 N–H and O–H groups in total. The Labute approximate surface area is 309 Å². The summed E-state index contributed by atoms with van der Waals surface area (Å²) in [5.74, 6) is 0. The highest BCUT2D eigenvalue weighted by Crippen LogP contribution is 2.54. The van der Waals surface area contributed by atoms with Crippen molar-refractivity contribution >= 4 is 97.0 Å². The van der Waals surface area contributed by atoms with E-state index in [0.717, 1.165) is 33.0 Å². The molecular weight excluding hydrogens is 653 g/mol. The lowest BCUT2D eigenvalue weighted by molar-refractivity contribution is 1.48. The fraction of sp³-hybridized carbons (Fsp3) is 0. The summed E-state index contributed by atoms with van der Waals surface area (Å²) in [6.45, 7) is 0. The lowest BCUT2D eigenvalue weighted by Crippen LogP contribution is -1.91. The Balaban J connectivity index is 1.41. The molecular formula is C52H26N2. The van der Waals surface area contributed by atoms with Crippen molar-refractivity contribution in [2.75, 3.05) is 0 Å². The number of rotatable bonds is 2. The average molecular weight is 679 g/mol. The van der Waals surface area contributed by atoms with Gasteiger partial charge in [-0.25, -0.2) is 0 Å². The third-order valence-corrected chi connectivity index (χ3v) is 11.9. The standard InChI is InChI=1S/C52H26N2/c53-27-29-9-5-13-33(21-29)47-44-25-41-39-19-7-17-37-35-15-3-1-11-31(35)23-43(49(37)39)42(41)26-45(44)48(34-14-6-10-30(22-34)28-54)52-46-24-32-12-2-4-16-36(32)38-18-8-20-40(50(38)46)51(47)52/h1-26H. The van der Waals surface area contributed by atoms with E-state index in [1.807, 2.05) is 36.4 Å². The number of hydrogen-bond acceptors (Lipinski definition) is 2. The molecule has 0 fully saturated rings. The van der Waals surface area contributed by atoms with Gasteiger partial charge in [-0.1, -0.05) is 109 Å². The SMILES string of the molecule is N#Cc1cccc(-c2c3cc4c(cc3c(-c3cccc(C#N)c3)c3c5cc6ccccc6c6cccc(c23)c65)c2cc3ccccc3c3cccc4c32)c1. The maximum absolute atomic E-state index is 10.2. The minimum atomic E-state index is 0.629. The van der Waals surface area contributed by atoms with Crippen LogP contribution in [0.3, 0.4) is 0 Å². The van der Waals surface area contributed by atoms with Crippen molar-refractivity contribution in [2.45, 2.75) is 0 Å². The van der Waals surface area contributed by atoms with Gasteiger partial charge in [0.25, 0.3) is 0 Å². The molecule has 0 unspecified atom stereocenters. The molecule has 0 aliphatic heterocycles. The molecule has 2 heteroatoms. The van der Waals surface area contributed by atoms with Crippen molar-refractivity contribution < 1.29 is 0 Å². The van der Waals surface area contributed by atoms with Crippen LogP contribution in [0.25, 0.3) is 119 Å². The van der Waals surface area contributed by atoms with Crippen LogP contribution in [0.15, 0.2) is 158 Å². The summed E-state index contributed by atoms with van der Waals surface area (Å²) in [6.07, 6.45) is 0. The zero-order valence-electron chi connectivity index (χ0n) is 28.9. The van der Waals surface area contributed by atoms with E-state index in [1.54, 1.807) is 0 Å². The van der Waals surface area contributed by atoms with Gasteiger partial charge in [0.1, 0.15) is 0 Å². The van der Waals surface area contributed by atoms with E-state index >= 15 is 0 Å². The van der Waals surface area contributed by atoms with Crippen molar-refractivity contribution in [2.24, 2.45) is 0 Å². The van der Waals surface area contributed by atoms with Crippen LogP contribution < -0.4 is 0 Å². The molecule has 0 heterocycles. The summed E-state index contributed by atoms with van der Waals surface area (Å²) in [4.78, 5) is 0. The molecule has 0 atom stereocenters. The number of fused-ring (bicyclic) bond motifs is 11. The van der Waals surface area contributed by atoms with Crippen LogP contribution in [0.5, 0.6) is 0 Å². The van der Waals surface area contributed by atoms with Gasteiger partial charge >= 0.3 is 0 Å². The van der Waals surface area contributed by atoms with Gasteiger partial charge in [-0.15, -0.1) is 0 Å². The number of nitrogens with zero attached hydrogens (tertiary/aromatic N) is 2. The van der Waals surface area contributed by atoms with Crippen molar-refractivity contribution in [3.63, 3.8) is 0 Å². The van der Waals surface area contributed by atoms with Crippen LogP contribution in [-0.2, 0) is 0 Å². The molecule has 2 nitrogen and oxygen atoms in total. The highest BCUT2D eigenvalue weighted by atomic mass is 14.3. The molecule has 0 aliphatic carbocycles. The van der Waals surface area contributed by atoms with Crippen LogP contribution in [0.4, 0.5) is 0 Å². The molecule has 244 valence electrons. The Morgan fingerprint density at radius 2 is 0.704 bits per heavy atom. The van der Waals surface area contributed by atoms with Crippen molar-refractivity contribution in [1.29, 1.82) is 10.5 Å². The Morgan fingerprint density at radius 1 is 0.278 bits per heavy atom. The van der Waals surface area contributed by atoms with Crippen LogP contribution in [0.2, 0.25) is 0 Å². The van der Waals surface area contributed by atoms with Crippen LogP contribution in [0.1, 0.15) is 11.1 Å². The second kappa shape index (κ2) is 10.5. The summed E-state index contributed by atoms with van der Waals surface area (Å²) in [5.41, 5.74) is 5.54. The molecule has 0 radical (unpaired) electrons. The third kappa shape index (κ3) is 3.71. The van der Waals surface area contributed by atoms with Gasteiger partial charge in [-0.2, -0.15) is 10.5 Å². The van der Waals surface area contributed by atoms with E-state index in [4.69, 9.17) is 0 Å². The maximum Gasteiger partial charge on any atom is 0.0991 e. The second-order valence-electron chi connectivity index (χ2n) is 14.6. The lowest BCUT2D eigenvalue weighted by atomic mass is 9.85. The Bertz CT molecular complexity index is 3690. The first-order valence-electron chi connectivity index (χ1n) is 18.3. The molecule has 12 aromatic rings. The van der Waals surface area contributed by atoms with E-state index < -0.39 is 0 Å². The fourth-order valence-corrected chi connectivity index (χ4v) is 9.77. The van der Waals surface area contributed by atoms with E-state index in [9.17, 15) is 10.5 Å². The summed E-state index contributed by atoms with van der Waals surface area (Å²) in [6, 6.07) is 61.3. The molecule has 0 aliphatic rings. The summed E-state index contributed by atoms with van der Waals surface area (Å²) < 4.78 is 0. The molecule has 0 aromatic heterocycles. The highest BCUT2D eigenvalue weighted by Gasteiger charge is 2.26. The summed E-state index contributed by atoms with van der Waals surface area (Å²) in [7, 11) is 0. The molecule has 0 saturated carbocycles. The van der Waals surface area contributed by atoms with Crippen LogP contribution in [0, 0.1) is 22.7 Å². The van der Waals surface area contributed by atoms with Crippen molar-refractivity contribution in [1.82, 2.24) is 0 Å². The zero-order chi connectivity index (χ0) is 35.7. The van der Waals surface area contributed by atoms with Crippen LogP contribution >= 0.6 is 0 Å². The van der Waals surface area contributed by atoms with Crippen molar-refractivity contribution in [3.05, 3.63) is 169 Å².